The van der Waals surface area contributed by atoms with Crippen LogP contribution in [-0.4, -0.2) is 33.7 Å². The van der Waals surface area contributed by atoms with Gasteiger partial charge in [0, 0.05) is 12.7 Å². The molecule has 0 spiro atoms. The minimum absolute atomic E-state index is 0.223. The first kappa shape index (κ1) is 20.8. The molecule has 0 aliphatic carbocycles. The van der Waals surface area contributed by atoms with E-state index in [2.05, 4.69) is 12.2 Å². The summed E-state index contributed by atoms with van der Waals surface area (Å²) in [5.74, 6) is 0.281. The van der Waals surface area contributed by atoms with Crippen molar-refractivity contribution in [2.24, 2.45) is 0 Å². The van der Waals surface area contributed by atoms with E-state index in [4.69, 9.17) is 4.74 Å². The summed E-state index contributed by atoms with van der Waals surface area (Å²) in [7, 11) is -1.84. The van der Waals surface area contributed by atoms with E-state index >= 15 is 0 Å². The van der Waals surface area contributed by atoms with Gasteiger partial charge in [-0.25, -0.2) is 8.42 Å². The molecule has 0 radical (unpaired) electrons. The van der Waals surface area contributed by atoms with E-state index in [0.29, 0.717) is 17.9 Å². The molecule has 1 N–H and O–H groups in total. The van der Waals surface area contributed by atoms with Crippen molar-refractivity contribution < 1.29 is 17.9 Å². The maximum Gasteiger partial charge on any atom is 0.265 e. The standard InChI is InChI=1S/C20H26N2O4S/c1-5-15-7-9-16(10-8-15)21-20(23)19(6-2)26-18-13-11-17(12-14-18)22(3)27(4,24)25/h7-14,19H,5-6H2,1-4H3,(H,21,23)/t19-/m0/s1. The zero-order valence-corrected chi connectivity index (χ0v) is 16.9. The normalized spacial score (nSPS) is 12.3. The molecule has 0 saturated heterocycles. The molecule has 2 rings (SSSR count). The third-order valence-electron chi connectivity index (χ3n) is 4.27. The van der Waals surface area contributed by atoms with Gasteiger partial charge in [0.15, 0.2) is 6.10 Å². The Balaban J connectivity index is 2.03. The molecule has 0 aliphatic heterocycles. The Morgan fingerprint density at radius 1 is 1.07 bits per heavy atom. The summed E-state index contributed by atoms with van der Waals surface area (Å²) in [4.78, 5) is 12.5. The molecule has 0 aliphatic rings. The van der Waals surface area contributed by atoms with Crippen LogP contribution in [0.4, 0.5) is 11.4 Å². The van der Waals surface area contributed by atoms with Crippen LogP contribution in [0.15, 0.2) is 48.5 Å². The fourth-order valence-corrected chi connectivity index (χ4v) is 2.96. The molecule has 7 heteroatoms. The van der Waals surface area contributed by atoms with E-state index in [1.54, 1.807) is 24.3 Å². The van der Waals surface area contributed by atoms with E-state index in [9.17, 15) is 13.2 Å². The summed E-state index contributed by atoms with van der Waals surface area (Å²) in [6, 6.07) is 14.3. The van der Waals surface area contributed by atoms with Crippen LogP contribution in [0.1, 0.15) is 25.8 Å². The molecule has 2 aromatic rings. The number of hydrogen-bond donors (Lipinski definition) is 1. The molecule has 0 aromatic heterocycles. The van der Waals surface area contributed by atoms with E-state index in [1.807, 2.05) is 31.2 Å². The second kappa shape index (κ2) is 8.90. The van der Waals surface area contributed by atoms with Crippen LogP contribution in [-0.2, 0) is 21.2 Å². The van der Waals surface area contributed by atoms with Crippen LogP contribution in [0.5, 0.6) is 5.75 Å². The van der Waals surface area contributed by atoms with E-state index < -0.39 is 16.1 Å². The Morgan fingerprint density at radius 2 is 1.67 bits per heavy atom. The van der Waals surface area contributed by atoms with Crippen molar-refractivity contribution in [1.82, 2.24) is 0 Å². The molecule has 146 valence electrons. The average molecular weight is 391 g/mol. The highest BCUT2D eigenvalue weighted by Gasteiger charge is 2.19. The van der Waals surface area contributed by atoms with Crippen molar-refractivity contribution in [2.45, 2.75) is 32.8 Å². The Morgan fingerprint density at radius 3 is 2.15 bits per heavy atom. The molecule has 2 aromatic carbocycles. The highest BCUT2D eigenvalue weighted by Crippen LogP contribution is 2.22. The first-order chi connectivity index (χ1) is 12.7. The largest absolute Gasteiger partial charge is 0.481 e. The molecule has 27 heavy (non-hydrogen) atoms. The van der Waals surface area contributed by atoms with Crippen molar-refractivity contribution >= 4 is 27.3 Å². The van der Waals surface area contributed by atoms with Gasteiger partial charge in [0.05, 0.1) is 11.9 Å². The lowest BCUT2D eigenvalue weighted by atomic mass is 10.1. The number of aryl methyl sites for hydroxylation is 1. The van der Waals surface area contributed by atoms with Crippen molar-refractivity contribution in [1.29, 1.82) is 0 Å². The molecule has 0 bridgehead atoms. The molecule has 0 heterocycles. The Labute approximate surface area is 161 Å². The molecule has 6 nitrogen and oxygen atoms in total. The molecular weight excluding hydrogens is 364 g/mol. The molecule has 0 saturated carbocycles. The Kier molecular flexibility index (Phi) is 6.85. The minimum Gasteiger partial charge on any atom is -0.481 e. The zero-order valence-electron chi connectivity index (χ0n) is 16.1. The van der Waals surface area contributed by atoms with Gasteiger partial charge in [0.1, 0.15) is 5.75 Å². The lowest BCUT2D eigenvalue weighted by Crippen LogP contribution is -2.32. The smallest absolute Gasteiger partial charge is 0.265 e. The second-order valence-electron chi connectivity index (χ2n) is 6.28. The molecule has 1 amide bonds. The van der Waals surface area contributed by atoms with Gasteiger partial charge in [0.25, 0.3) is 5.91 Å². The van der Waals surface area contributed by atoms with Gasteiger partial charge in [-0.2, -0.15) is 0 Å². The molecular formula is C20H26N2O4S. The summed E-state index contributed by atoms with van der Waals surface area (Å²) in [5.41, 5.74) is 2.46. The number of carbonyl (C=O) groups is 1. The number of rotatable bonds is 8. The van der Waals surface area contributed by atoms with Gasteiger partial charge in [-0.1, -0.05) is 26.0 Å². The highest BCUT2D eigenvalue weighted by molar-refractivity contribution is 7.92. The lowest BCUT2D eigenvalue weighted by Gasteiger charge is -2.19. The maximum absolute atomic E-state index is 12.5. The Hall–Kier alpha value is -2.54. The van der Waals surface area contributed by atoms with Gasteiger partial charge in [-0.3, -0.25) is 9.10 Å². The number of benzene rings is 2. The molecule has 0 unspecified atom stereocenters. The lowest BCUT2D eigenvalue weighted by molar-refractivity contribution is -0.122. The SMILES string of the molecule is CCc1ccc(NC(=O)[C@H](CC)Oc2ccc(N(C)S(C)(=O)=O)cc2)cc1. The monoisotopic (exact) mass is 390 g/mol. The van der Waals surface area contributed by atoms with Gasteiger partial charge in [-0.05, 0) is 54.8 Å². The van der Waals surface area contributed by atoms with E-state index in [0.717, 1.165) is 18.4 Å². The number of sulfonamides is 1. The molecule has 0 fully saturated rings. The van der Waals surface area contributed by atoms with Crippen molar-refractivity contribution in [3.8, 4) is 5.75 Å². The third-order valence-corrected chi connectivity index (χ3v) is 5.47. The second-order valence-corrected chi connectivity index (χ2v) is 8.29. The fourth-order valence-electron chi connectivity index (χ4n) is 2.46. The van der Waals surface area contributed by atoms with Gasteiger partial charge >= 0.3 is 0 Å². The van der Waals surface area contributed by atoms with Crippen molar-refractivity contribution in [2.75, 3.05) is 22.9 Å². The van der Waals surface area contributed by atoms with Crippen LogP contribution >= 0.6 is 0 Å². The van der Waals surface area contributed by atoms with Crippen molar-refractivity contribution in [3.63, 3.8) is 0 Å². The first-order valence-corrected chi connectivity index (χ1v) is 10.7. The van der Waals surface area contributed by atoms with Crippen LogP contribution in [0.25, 0.3) is 0 Å². The van der Waals surface area contributed by atoms with Crippen LogP contribution in [0, 0.1) is 0 Å². The van der Waals surface area contributed by atoms with Crippen LogP contribution in [0.3, 0.4) is 0 Å². The topological polar surface area (TPSA) is 75.7 Å². The Bertz CT molecular complexity index is 862. The van der Waals surface area contributed by atoms with Crippen molar-refractivity contribution in [3.05, 3.63) is 54.1 Å². The predicted molar refractivity (Wildman–Crippen MR) is 109 cm³/mol. The van der Waals surface area contributed by atoms with Gasteiger partial charge in [-0.15, -0.1) is 0 Å². The third kappa shape index (κ3) is 5.72. The quantitative estimate of drug-likeness (QED) is 0.749. The summed E-state index contributed by atoms with van der Waals surface area (Å²) in [6.07, 6.45) is 1.94. The highest BCUT2D eigenvalue weighted by atomic mass is 32.2. The number of nitrogens with zero attached hydrogens (tertiary/aromatic N) is 1. The average Bonchev–Trinajstić information content (AvgIpc) is 2.65. The maximum atomic E-state index is 12.5. The number of anilines is 2. The minimum atomic E-state index is -3.32. The first-order valence-electron chi connectivity index (χ1n) is 8.85. The number of hydrogen-bond acceptors (Lipinski definition) is 4. The molecule has 1 atom stereocenters. The summed E-state index contributed by atoms with van der Waals surface area (Å²) in [6.45, 7) is 3.95. The summed E-state index contributed by atoms with van der Waals surface area (Å²) >= 11 is 0. The van der Waals surface area contributed by atoms with E-state index in [-0.39, 0.29) is 5.91 Å². The predicted octanol–water partition coefficient (Wildman–Crippen LogP) is 3.44. The van der Waals surface area contributed by atoms with Crippen LogP contribution in [0.2, 0.25) is 0 Å². The van der Waals surface area contributed by atoms with Crippen LogP contribution < -0.4 is 14.4 Å². The van der Waals surface area contributed by atoms with E-state index in [1.165, 1.54) is 16.9 Å². The fraction of sp³-hybridized carbons (Fsp3) is 0.350. The number of amides is 1. The van der Waals surface area contributed by atoms with Gasteiger partial charge in [0.2, 0.25) is 10.0 Å². The van der Waals surface area contributed by atoms with Gasteiger partial charge < -0.3 is 10.1 Å². The summed E-state index contributed by atoms with van der Waals surface area (Å²) in [5, 5.41) is 2.86. The number of carbonyl (C=O) groups excluding carboxylic acids is 1. The zero-order chi connectivity index (χ0) is 20.0. The number of ether oxygens (including phenoxy) is 1. The number of nitrogens with one attached hydrogen (secondary N) is 1. The summed E-state index contributed by atoms with van der Waals surface area (Å²) < 4.78 is 30.1.